The summed E-state index contributed by atoms with van der Waals surface area (Å²) in [5.74, 6) is -1.65. The van der Waals surface area contributed by atoms with Crippen LogP contribution in [0.5, 0.6) is 0 Å². The van der Waals surface area contributed by atoms with Gasteiger partial charge < -0.3 is 10.0 Å². The molecule has 0 unspecified atom stereocenters. The lowest BCUT2D eigenvalue weighted by Gasteiger charge is -2.18. The van der Waals surface area contributed by atoms with E-state index < -0.39 is 23.3 Å². The lowest BCUT2D eigenvalue weighted by atomic mass is 10.3. The van der Waals surface area contributed by atoms with Gasteiger partial charge in [0, 0.05) is 6.54 Å². The van der Waals surface area contributed by atoms with Gasteiger partial charge in [0.05, 0.1) is 4.92 Å². The minimum Gasteiger partial charge on any atom is -0.480 e. The number of nitrogens with zero attached hydrogens (tertiary/aromatic N) is 4. The lowest BCUT2D eigenvalue weighted by molar-refractivity contribution is -0.386. The molecule has 0 atom stereocenters. The van der Waals surface area contributed by atoms with E-state index in [0.29, 0.717) is 0 Å². The molecule has 0 aliphatic rings. The van der Waals surface area contributed by atoms with E-state index in [4.69, 9.17) is 5.11 Å². The van der Waals surface area contributed by atoms with Crippen LogP contribution >= 0.6 is 0 Å². The van der Waals surface area contributed by atoms with Gasteiger partial charge in [0.1, 0.15) is 24.5 Å². The lowest BCUT2D eigenvalue weighted by Crippen LogP contribution is -2.38. The van der Waals surface area contributed by atoms with Crippen molar-refractivity contribution in [3.8, 4) is 0 Å². The van der Waals surface area contributed by atoms with Gasteiger partial charge in [0.2, 0.25) is 5.91 Å². The molecular weight excluding hydrogens is 280 g/mol. The number of carboxylic acid groups (broad SMARTS) is 1. The second-order valence-electron chi connectivity index (χ2n) is 4.39. The van der Waals surface area contributed by atoms with Crippen LogP contribution in [0.2, 0.25) is 0 Å². The molecule has 0 radical (unpaired) electrons. The van der Waals surface area contributed by atoms with Crippen molar-refractivity contribution in [1.29, 1.82) is 0 Å². The molecule has 1 heterocycles. The summed E-state index contributed by atoms with van der Waals surface area (Å²) in [4.78, 5) is 34.2. The van der Waals surface area contributed by atoms with E-state index >= 15 is 0 Å². The van der Waals surface area contributed by atoms with E-state index in [9.17, 15) is 19.7 Å². The summed E-state index contributed by atoms with van der Waals surface area (Å²) in [5.41, 5.74) is 0.315. The summed E-state index contributed by atoms with van der Waals surface area (Å²) in [5, 5.41) is 23.6. The van der Waals surface area contributed by atoms with E-state index in [0.717, 1.165) is 4.90 Å². The molecule has 0 saturated carbocycles. The number of aliphatic carboxylic acids is 1. The van der Waals surface area contributed by atoms with Gasteiger partial charge in [-0.05, 0) is 13.8 Å². The molecular formula is C12H16N4O5. The van der Waals surface area contributed by atoms with Crippen LogP contribution in [0.3, 0.4) is 0 Å². The molecule has 0 saturated heterocycles. The molecule has 9 heteroatoms. The highest BCUT2D eigenvalue weighted by Crippen LogP contribution is 2.21. The highest BCUT2D eigenvalue weighted by atomic mass is 16.6. The molecule has 114 valence electrons. The van der Waals surface area contributed by atoms with Crippen LogP contribution in [-0.4, -0.2) is 49.7 Å². The Morgan fingerprint density at radius 2 is 2.14 bits per heavy atom. The molecule has 0 aromatic carbocycles. The van der Waals surface area contributed by atoms with Crippen molar-refractivity contribution in [3.63, 3.8) is 0 Å². The molecule has 1 aromatic heterocycles. The molecule has 0 aliphatic heterocycles. The number of aromatic nitrogens is 2. The number of rotatable bonds is 7. The zero-order valence-corrected chi connectivity index (χ0v) is 11.8. The van der Waals surface area contributed by atoms with Crippen LogP contribution < -0.4 is 0 Å². The molecule has 0 spiro atoms. The van der Waals surface area contributed by atoms with E-state index in [1.165, 1.54) is 24.6 Å². The maximum atomic E-state index is 12.1. The number of amides is 1. The summed E-state index contributed by atoms with van der Waals surface area (Å²) in [6.07, 6.45) is 1.41. The quantitative estimate of drug-likeness (QED) is 0.445. The third-order valence-corrected chi connectivity index (χ3v) is 2.84. The topological polar surface area (TPSA) is 119 Å². The van der Waals surface area contributed by atoms with Crippen molar-refractivity contribution in [2.24, 2.45) is 0 Å². The predicted molar refractivity (Wildman–Crippen MR) is 72.8 cm³/mol. The molecule has 1 amide bonds. The van der Waals surface area contributed by atoms with E-state index in [-0.39, 0.29) is 30.2 Å². The average Bonchev–Trinajstić information content (AvgIpc) is 2.63. The summed E-state index contributed by atoms with van der Waals surface area (Å²) >= 11 is 0. The maximum absolute atomic E-state index is 12.1. The number of nitro groups is 1. The largest absolute Gasteiger partial charge is 0.480 e. The smallest absolute Gasteiger partial charge is 0.323 e. The minimum atomic E-state index is -1.15. The first-order valence-corrected chi connectivity index (χ1v) is 6.06. The normalized spacial score (nSPS) is 10.2. The van der Waals surface area contributed by atoms with Gasteiger partial charge in [-0.15, -0.1) is 6.58 Å². The molecule has 1 aromatic rings. The van der Waals surface area contributed by atoms with Crippen LogP contribution in [0.4, 0.5) is 5.69 Å². The predicted octanol–water partition coefficient (Wildman–Crippen LogP) is 0.507. The maximum Gasteiger partial charge on any atom is 0.323 e. The third kappa shape index (κ3) is 3.88. The average molecular weight is 296 g/mol. The van der Waals surface area contributed by atoms with Crippen LogP contribution in [0.25, 0.3) is 0 Å². The van der Waals surface area contributed by atoms with Crippen molar-refractivity contribution < 1.29 is 19.6 Å². The first-order valence-electron chi connectivity index (χ1n) is 6.06. The summed E-state index contributed by atoms with van der Waals surface area (Å²) in [6.45, 7) is 5.77. The van der Waals surface area contributed by atoms with Crippen LogP contribution in [-0.2, 0) is 16.1 Å². The molecule has 21 heavy (non-hydrogen) atoms. The second-order valence-corrected chi connectivity index (χ2v) is 4.39. The van der Waals surface area contributed by atoms with Gasteiger partial charge >= 0.3 is 11.7 Å². The highest BCUT2D eigenvalue weighted by Gasteiger charge is 2.24. The minimum absolute atomic E-state index is 0.0759. The Morgan fingerprint density at radius 3 is 2.57 bits per heavy atom. The molecule has 0 fully saturated rings. The van der Waals surface area contributed by atoms with Gasteiger partial charge in [-0.3, -0.25) is 24.4 Å². The zero-order valence-electron chi connectivity index (χ0n) is 11.8. The third-order valence-electron chi connectivity index (χ3n) is 2.84. The molecule has 0 aliphatic carbocycles. The standard InChI is InChI=1S/C12H16N4O5/c1-4-5-14(7-11(18)19)10(17)6-15-9(3)12(16(20)21)8(2)13-15/h4H,1,5-7H2,2-3H3,(H,18,19). The first-order chi connectivity index (χ1) is 9.77. The number of carbonyl (C=O) groups excluding carboxylic acids is 1. The van der Waals surface area contributed by atoms with Crippen molar-refractivity contribution in [1.82, 2.24) is 14.7 Å². The van der Waals surface area contributed by atoms with Gasteiger partial charge in [0.15, 0.2) is 0 Å². The fourth-order valence-corrected chi connectivity index (χ4v) is 1.91. The van der Waals surface area contributed by atoms with Crippen molar-refractivity contribution in [3.05, 3.63) is 34.2 Å². The van der Waals surface area contributed by atoms with E-state index in [2.05, 4.69) is 11.7 Å². The van der Waals surface area contributed by atoms with Gasteiger partial charge in [-0.25, -0.2) is 0 Å². The SMILES string of the molecule is C=CCN(CC(=O)O)C(=O)Cn1nc(C)c([N+](=O)[O-])c1C. The van der Waals surface area contributed by atoms with Crippen LogP contribution in [0.15, 0.2) is 12.7 Å². The van der Waals surface area contributed by atoms with E-state index in [1.807, 2.05) is 0 Å². The number of carboxylic acids is 1. The Labute approximate surface area is 120 Å². The fraction of sp³-hybridized carbons (Fsp3) is 0.417. The van der Waals surface area contributed by atoms with Gasteiger partial charge in [-0.2, -0.15) is 5.10 Å². The van der Waals surface area contributed by atoms with Gasteiger partial charge in [-0.1, -0.05) is 6.08 Å². The van der Waals surface area contributed by atoms with Crippen molar-refractivity contribution >= 4 is 17.6 Å². The van der Waals surface area contributed by atoms with Crippen molar-refractivity contribution in [2.75, 3.05) is 13.1 Å². The number of aryl methyl sites for hydroxylation is 1. The zero-order chi connectivity index (χ0) is 16.2. The van der Waals surface area contributed by atoms with Crippen LogP contribution in [0.1, 0.15) is 11.4 Å². The molecule has 1 N–H and O–H groups in total. The molecule has 9 nitrogen and oxygen atoms in total. The Bertz CT molecular complexity index is 593. The fourth-order valence-electron chi connectivity index (χ4n) is 1.91. The number of hydrogen-bond donors (Lipinski definition) is 1. The Balaban J connectivity index is 2.96. The van der Waals surface area contributed by atoms with Crippen molar-refractivity contribution in [2.45, 2.75) is 20.4 Å². The molecule has 0 bridgehead atoms. The summed E-state index contributed by atoms with van der Waals surface area (Å²) < 4.78 is 1.20. The highest BCUT2D eigenvalue weighted by molar-refractivity contribution is 5.81. The first kappa shape index (κ1) is 16.3. The van der Waals surface area contributed by atoms with Crippen LogP contribution in [0, 0.1) is 24.0 Å². The Hall–Kier alpha value is -2.71. The second kappa shape index (κ2) is 6.64. The summed E-state index contributed by atoms with van der Waals surface area (Å²) in [7, 11) is 0. The number of hydrogen-bond acceptors (Lipinski definition) is 5. The Kier molecular flexibility index (Phi) is 5.17. The Morgan fingerprint density at radius 1 is 1.52 bits per heavy atom. The molecule has 1 rings (SSSR count). The number of carbonyl (C=O) groups is 2. The summed E-state index contributed by atoms with van der Waals surface area (Å²) in [6, 6.07) is 0. The van der Waals surface area contributed by atoms with Gasteiger partial charge in [0.25, 0.3) is 0 Å². The van der Waals surface area contributed by atoms with E-state index in [1.54, 1.807) is 0 Å². The monoisotopic (exact) mass is 296 g/mol.